The molecule has 1 N–H and O–H groups in total. The van der Waals surface area contributed by atoms with Crippen LogP contribution in [0.25, 0.3) is 0 Å². The number of halogens is 2. The molecule has 0 aromatic heterocycles. The average molecular weight is 565 g/mol. The van der Waals surface area contributed by atoms with Crippen molar-refractivity contribution in [2.24, 2.45) is 0 Å². The second-order valence-corrected chi connectivity index (χ2v) is 11.6. The van der Waals surface area contributed by atoms with Gasteiger partial charge < -0.3 is 10.1 Å². The summed E-state index contributed by atoms with van der Waals surface area (Å²) in [5, 5.41) is 3.22. The van der Waals surface area contributed by atoms with Gasteiger partial charge in [0.05, 0.1) is 23.1 Å². The van der Waals surface area contributed by atoms with Gasteiger partial charge in [-0.25, -0.2) is 22.4 Å². The van der Waals surface area contributed by atoms with E-state index in [1.54, 1.807) is 20.0 Å². The molecule has 0 spiro atoms. The number of nitrogens with one attached hydrogen (secondary N) is 1. The molecule has 0 saturated carbocycles. The lowest BCUT2D eigenvalue weighted by Gasteiger charge is -2.41. The molecule has 2 amide bonds. The SMILES string of the molecule is CCOC(=O)C1=C(CN2CCN(S(=O)(=O)c3ccc(Cl)cc3)[C@@H](C)C2)N(C)C(=O)N[C@H]1c1cccc(F)c1. The Hall–Kier alpha value is -2.99. The highest BCUT2D eigenvalue weighted by Gasteiger charge is 2.39. The first-order chi connectivity index (χ1) is 18.0. The van der Waals surface area contributed by atoms with Crippen LogP contribution in [0.2, 0.25) is 5.02 Å². The third kappa shape index (κ3) is 5.70. The number of sulfonamides is 1. The minimum atomic E-state index is -3.73. The Morgan fingerprint density at radius 3 is 2.53 bits per heavy atom. The summed E-state index contributed by atoms with van der Waals surface area (Å²) in [6.45, 7) is 4.78. The number of hydrogen-bond donors (Lipinski definition) is 1. The summed E-state index contributed by atoms with van der Waals surface area (Å²) < 4.78 is 47.3. The van der Waals surface area contributed by atoms with Gasteiger partial charge in [0.15, 0.2) is 0 Å². The Balaban J connectivity index is 1.62. The molecule has 2 heterocycles. The zero-order valence-corrected chi connectivity index (χ0v) is 22.9. The maximum atomic E-state index is 14.0. The summed E-state index contributed by atoms with van der Waals surface area (Å²) in [6, 6.07) is 10.0. The van der Waals surface area contributed by atoms with Crippen LogP contribution in [0.5, 0.6) is 0 Å². The van der Waals surface area contributed by atoms with Crippen LogP contribution in [-0.4, -0.2) is 80.4 Å². The first-order valence-corrected chi connectivity index (χ1v) is 14.0. The van der Waals surface area contributed by atoms with E-state index in [1.807, 2.05) is 11.8 Å². The number of carbonyl (C=O) groups is 2. The van der Waals surface area contributed by atoms with E-state index >= 15 is 0 Å². The molecule has 0 bridgehead atoms. The number of rotatable bonds is 7. The van der Waals surface area contributed by atoms with E-state index in [2.05, 4.69) is 5.32 Å². The van der Waals surface area contributed by atoms with E-state index in [0.717, 1.165) is 0 Å². The highest BCUT2D eigenvalue weighted by atomic mass is 35.5. The minimum absolute atomic E-state index is 0.126. The molecule has 0 radical (unpaired) electrons. The molecule has 204 valence electrons. The third-order valence-corrected chi connectivity index (χ3v) is 8.98. The molecule has 2 aromatic rings. The first-order valence-electron chi connectivity index (χ1n) is 12.2. The zero-order valence-electron chi connectivity index (χ0n) is 21.4. The molecule has 12 heteroatoms. The zero-order chi connectivity index (χ0) is 27.6. The van der Waals surface area contributed by atoms with Crippen LogP contribution in [0.15, 0.2) is 64.7 Å². The minimum Gasteiger partial charge on any atom is -0.463 e. The lowest BCUT2D eigenvalue weighted by atomic mass is 9.94. The number of likely N-dealkylation sites (N-methyl/N-ethyl adjacent to an activating group) is 1. The summed E-state index contributed by atoms with van der Waals surface area (Å²) in [7, 11) is -2.18. The normalized spacial score (nSPS) is 21.4. The van der Waals surface area contributed by atoms with Crippen LogP contribution in [0.3, 0.4) is 0 Å². The fourth-order valence-corrected chi connectivity index (χ4v) is 6.54. The van der Waals surface area contributed by atoms with Crippen molar-refractivity contribution in [2.45, 2.75) is 30.8 Å². The molecule has 2 aliphatic heterocycles. The van der Waals surface area contributed by atoms with Crippen molar-refractivity contribution in [1.82, 2.24) is 19.4 Å². The highest BCUT2D eigenvalue weighted by Crippen LogP contribution is 2.32. The molecule has 1 saturated heterocycles. The molecule has 0 unspecified atom stereocenters. The average Bonchev–Trinajstić information content (AvgIpc) is 2.87. The number of hydrogen-bond acceptors (Lipinski definition) is 6. The van der Waals surface area contributed by atoms with E-state index in [-0.39, 0.29) is 36.2 Å². The molecule has 38 heavy (non-hydrogen) atoms. The largest absolute Gasteiger partial charge is 0.463 e. The molecular weight excluding hydrogens is 535 g/mol. The van der Waals surface area contributed by atoms with Crippen LogP contribution in [-0.2, 0) is 19.6 Å². The smallest absolute Gasteiger partial charge is 0.338 e. The molecule has 9 nitrogen and oxygen atoms in total. The van der Waals surface area contributed by atoms with Crippen molar-refractivity contribution in [3.8, 4) is 0 Å². The van der Waals surface area contributed by atoms with Gasteiger partial charge in [-0.15, -0.1) is 0 Å². The van der Waals surface area contributed by atoms with Crippen molar-refractivity contribution in [1.29, 1.82) is 0 Å². The van der Waals surface area contributed by atoms with E-state index in [9.17, 15) is 22.4 Å². The van der Waals surface area contributed by atoms with Crippen molar-refractivity contribution in [3.05, 3.63) is 76.2 Å². The predicted molar refractivity (Wildman–Crippen MR) is 140 cm³/mol. The van der Waals surface area contributed by atoms with Gasteiger partial charge in [0.1, 0.15) is 5.82 Å². The summed E-state index contributed by atoms with van der Waals surface area (Å²) in [5.74, 6) is -1.10. The van der Waals surface area contributed by atoms with E-state index in [1.165, 1.54) is 51.7 Å². The lowest BCUT2D eigenvalue weighted by molar-refractivity contribution is -0.139. The number of carbonyl (C=O) groups excluding carboxylic acids is 2. The number of amides is 2. The summed E-state index contributed by atoms with van der Waals surface area (Å²) >= 11 is 5.92. The van der Waals surface area contributed by atoms with E-state index in [0.29, 0.717) is 29.4 Å². The Kier molecular flexibility index (Phi) is 8.41. The number of esters is 1. The van der Waals surface area contributed by atoms with Gasteiger partial charge in [0, 0.05) is 50.0 Å². The first kappa shape index (κ1) is 28.0. The van der Waals surface area contributed by atoms with Crippen molar-refractivity contribution >= 4 is 33.6 Å². The fraction of sp³-hybridized carbons (Fsp3) is 0.385. The van der Waals surface area contributed by atoms with Crippen LogP contribution >= 0.6 is 11.6 Å². The second kappa shape index (κ2) is 11.4. The van der Waals surface area contributed by atoms with Gasteiger partial charge in [-0.2, -0.15) is 4.31 Å². The number of urea groups is 1. The maximum Gasteiger partial charge on any atom is 0.338 e. The number of nitrogens with zero attached hydrogens (tertiary/aromatic N) is 3. The lowest BCUT2D eigenvalue weighted by Crippen LogP contribution is -2.56. The summed E-state index contributed by atoms with van der Waals surface area (Å²) in [6.07, 6.45) is 0. The number of benzene rings is 2. The van der Waals surface area contributed by atoms with Gasteiger partial charge in [-0.3, -0.25) is 9.80 Å². The van der Waals surface area contributed by atoms with Crippen LogP contribution in [0.1, 0.15) is 25.5 Å². The Morgan fingerprint density at radius 1 is 1.18 bits per heavy atom. The van der Waals surface area contributed by atoms with E-state index < -0.39 is 33.9 Å². The van der Waals surface area contributed by atoms with Gasteiger partial charge in [0.2, 0.25) is 10.0 Å². The number of ether oxygens (including phenoxy) is 1. The Morgan fingerprint density at radius 2 is 1.89 bits per heavy atom. The van der Waals surface area contributed by atoms with Crippen LogP contribution in [0.4, 0.5) is 9.18 Å². The second-order valence-electron chi connectivity index (χ2n) is 9.23. The fourth-order valence-electron chi connectivity index (χ4n) is 4.81. The summed E-state index contributed by atoms with van der Waals surface area (Å²) in [5.41, 5.74) is 1.05. The third-order valence-electron chi connectivity index (χ3n) is 6.70. The van der Waals surface area contributed by atoms with Gasteiger partial charge >= 0.3 is 12.0 Å². The molecule has 2 aliphatic rings. The molecule has 1 fully saturated rings. The molecule has 0 aliphatic carbocycles. The quantitative estimate of drug-likeness (QED) is 0.518. The van der Waals surface area contributed by atoms with Crippen LogP contribution in [0, 0.1) is 5.82 Å². The van der Waals surface area contributed by atoms with E-state index in [4.69, 9.17) is 16.3 Å². The molecule has 4 rings (SSSR count). The van der Waals surface area contributed by atoms with Crippen LogP contribution < -0.4 is 5.32 Å². The predicted octanol–water partition coefficient (Wildman–Crippen LogP) is 3.39. The topological polar surface area (TPSA) is 99.3 Å². The monoisotopic (exact) mass is 564 g/mol. The standard InChI is InChI=1S/C26H30ClFN4O5S/c1-4-37-25(33)23-22(30(3)26(34)29-24(23)18-6-5-7-20(28)14-18)16-31-12-13-32(17(2)15-31)38(35,36)21-10-8-19(27)9-11-21/h5-11,14,17,24H,4,12-13,15-16H2,1-3H3,(H,29,34)/t17-,24-/m0/s1. The molecular formula is C26H30ClFN4O5S. The maximum absolute atomic E-state index is 14.0. The Labute approximate surface area is 226 Å². The van der Waals surface area contributed by atoms with Gasteiger partial charge in [0.25, 0.3) is 0 Å². The van der Waals surface area contributed by atoms with Crippen molar-refractivity contribution in [2.75, 3.05) is 39.8 Å². The molecule has 2 atom stereocenters. The van der Waals surface area contributed by atoms with Crippen molar-refractivity contribution in [3.63, 3.8) is 0 Å². The summed E-state index contributed by atoms with van der Waals surface area (Å²) in [4.78, 5) is 29.5. The van der Waals surface area contributed by atoms with Gasteiger partial charge in [-0.05, 0) is 55.8 Å². The molecule has 2 aromatic carbocycles. The Bertz CT molecular complexity index is 1350. The highest BCUT2D eigenvalue weighted by molar-refractivity contribution is 7.89. The van der Waals surface area contributed by atoms with Crippen molar-refractivity contribution < 1.29 is 27.1 Å². The number of piperazine rings is 1. The van der Waals surface area contributed by atoms with Gasteiger partial charge in [-0.1, -0.05) is 23.7 Å².